The van der Waals surface area contributed by atoms with Crippen LogP contribution in [0.5, 0.6) is 0 Å². The van der Waals surface area contributed by atoms with Gasteiger partial charge in [-0.3, -0.25) is 14.4 Å². The Morgan fingerprint density at radius 3 is 2.39 bits per heavy atom. The molecule has 0 unspecified atom stereocenters. The van der Waals surface area contributed by atoms with E-state index in [2.05, 4.69) is 15.5 Å². The predicted octanol–water partition coefficient (Wildman–Crippen LogP) is 4.02. The number of nitrogens with zero attached hydrogens (tertiary/aromatic N) is 3. The quantitative estimate of drug-likeness (QED) is 0.588. The van der Waals surface area contributed by atoms with Crippen LogP contribution in [0, 0.1) is 0 Å². The molecule has 0 saturated heterocycles. The van der Waals surface area contributed by atoms with Crippen molar-refractivity contribution in [2.24, 2.45) is 0 Å². The number of hydrogen-bond donors (Lipinski definition) is 1. The molecule has 1 aromatic heterocycles. The summed E-state index contributed by atoms with van der Waals surface area (Å²) in [5.74, 6) is -0.765. The van der Waals surface area contributed by atoms with Gasteiger partial charge in [-0.05, 0) is 25.1 Å². The van der Waals surface area contributed by atoms with Crippen molar-refractivity contribution in [1.82, 2.24) is 10.2 Å². The number of sulfonamides is 1. The van der Waals surface area contributed by atoms with Crippen molar-refractivity contribution in [1.29, 1.82) is 0 Å². The van der Waals surface area contributed by atoms with Crippen molar-refractivity contribution in [2.45, 2.75) is 19.1 Å². The predicted molar refractivity (Wildman–Crippen MR) is 112 cm³/mol. The van der Waals surface area contributed by atoms with E-state index in [-0.39, 0.29) is 10.8 Å². The summed E-state index contributed by atoms with van der Waals surface area (Å²) in [6, 6.07) is 11.5. The number of anilines is 2. The van der Waals surface area contributed by atoms with Crippen molar-refractivity contribution in [3.63, 3.8) is 0 Å². The standard InChI is InChI=1S/C19H17F3N4O3S2/c1-12(16(27)23-18-25-24-17(30-18)13-7-4-3-5-8-13)26(31(2,28)29)15-10-6-9-14(11-15)19(20,21)22/h3-12H,1-2H3,(H,23,25,27)/t12-/m1/s1. The number of halogens is 3. The lowest BCUT2D eigenvalue weighted by Gasteiger charge is -2.28. The van der Waals surface area contributed by atoms with Gasteiger partial charge in [-0.25, -0.2) is 8.42 Å². The number of benzene rings is 2. The average molecular weight is 470 g/mol. The fourth-order valence-corrected chi connectivity index (χ4v) is 4.73. The van der Waals surface area contributed by atoms with E-state index in [0.29, 0.717) is 15.4 Å². The number of carbonyl (C=O) groups excluding carboxylic acids is 1. The topological polar surface area (TPSA) is 92.3 Å². The number of nitrogens with one attached hydrogen (secondary N) is 1. The van der Waals surface area contributed by atoms with Crippen LogP contribution in [0.4, 0.5) is 24.0 Å². The summed E-state index contributed by atoms with van der Waals surface area (Å²) in [5.41, 5.74) is -0.514. The van der Waals surface area contributed by atoms with Crippen LogP contribution in [0.2, 0.25) is 0 Å². The molecule has 0 aliphatic rings. The van der Waals surface area contributed by atoms with Gasteiger partial charge in [-0.15, -0.1) is 10.2 Å². The van der Waals surface area contributed by atoms with Gasteiger partial charge in [-0.2, -0.15) is 13.2 Å². The van der Waals surface area contributed by atoms with Gasteiger partial charge in [-0.1, -0.05) is 47.7 Å². The molecule has 12 heteroatoms. The van der Waals surface area contributed by atoms with E-state index in [9.17, 15) is 26.4 Å². The molecule has 1 amide bonds. The number of hydrogen-bond acceptors (Lipinski definition) is 6. The summed E-state index contributed by atoms with van der Waals surface area (Å²) in [6.45, 7) is 1.27. The Labute approximate surface area is 180 Å². The highest BCUT2D eigenvalue weighted by molar-refractivity contribution is 7.92. The van der Waals surface area contributed by atoms with Gasteiger partial charge in [0.05, 0.1) is 17.5 Å². The average Bonchev–Trinajstić information content (AvgIpc) is 3.16. The highest BCUT2D eigenvalue weighted by Gasteiger charge is 2.34. The molecule has 0 saturated carbocycles. The molecule has 1 heterocycles. The maximum Gasteiger partial charge on any atom is 0.416 e. The summed E-state index contributed by atoms with van der Waals surface area (Å²) in [6.07, 6.45) is -3.85. The first-order valence-corrected chi connectivity index (χ1v) is 11.5. The Morgan fingerprint density at radius 2 is 1.77 bits per heavy atom. The maximum absolute atomic E-state index is 13.1. The molecule has 1 N–H and O–H groups in total. The van der Waals surface area contributed by atoms with Gasteiger partial charge in [0.15, 0.2) is 0 Å². The zero-order valence-electron chi connectivity index (χ0n) is 16.3. The summed E-state index contributed by atoms with van der Waals surface area (Å²) >= 11 is 1.08. The van der Waals surface area contributed by atoms with Crippen LogP contribution >= 0.6 is 11.3 Å². The fraction of sp³-hybridized carbons (Fsp3) is 0.211. The monoisotopic (exact) mass is 470 g/mol. The van der Waals surface area contributed by atoms with Gasteiger partial charge < -0.3 is 0 Å². The zero-order chi connectivity index (χ0) is 22.8. The van der Waals surface area contributed by atoms with Crippen LogP contribution in [0.3, 0.4) is 0 Å². The Morgan fingerprint density at radius 1 is 1.10 bits per heavy atom. The fourth-order valence-electron chi connectivity index (χ4n) is 2.81. The second-order valence-electron chi connectivity index (χ2n) is 6.55. The van der Waals surface area contributed by atoms with Crippen LogP contribution in [0.1, 0.15) is 12.5 Å². The molecule has 1 atom stereocenters. The SMILES string of the molecule is C[C@H](C(=O)Nc1nnc(-c2ccccc2)s1)N(c1cccc(C(F)(F)F)c1)S(C)(=O)=O. The summed E-state index contributed by atoms with van der Waals surface area (Å²) < 4.78 is 64.4. The first kappa shape index (κ1) is 22.7. The summed E-state index contributed by atoms with van der Waals surface area (Å²) in [4.78, 5) is 12.7. The molecular formula is C19H17F3N4O3S2. The van der Waals surface area contributed by atoms with E-state index in [4.69, 9.17) is 0 Å². The van der Waals surface area contributed by atoms with E-state index in [1.165, 1.54) is 13.0 Å². The molecule has 164 valence electrons. The molecule has 7 nitrogen and oxygen atoms in total. The first-order valence-electron chi connectivity index (χ1n) is 8.83. The number of rotatable bonds is 6. The van der Waals surface area contributed by atoms with E-state index in [1.54, 1.807) is 0 Å². The van der Waals surface area contributed by atoms with Crippen molar-refractivity contribution in [3.8, 4) is 10.6 Å². The maximum atomic E-state index is 13.1. The molecule has 2 aromatic carbocycles. The number of aromatic nitrogens is 2. The number of amides is 1. The molecule has 0 fully saturated rings. The molecule has 3 aromatic rings. The van der Waals surface area contributed by atoms with Crippen molar-refractivity contribution >= 4 is 38.1 Å². The van der Waals surface area contributed by atoms with Crippen molar-refractivity contribution in [3.05, 3.63) is 60.2 Å². The van der Waals surface area contributed by atoms with Crippen molar-refractivity contribution < 1.29 is 26.4 Å². The number of carbonyl (C=O) groups is 1. The molecule has 0 radical (unpaired) electrons. The lowest BCUT2D eigenvalue weighted by molar-refractivity contribution is -0.137. The highest BCUT2D eigenvalue weighted by atomic mass is 32.2. The second kappa shape index (κ2) is 8.63. The normalized spacial score (nSPS) is 12.9. The molecule has 0 bridgehead atoms. The molecule has 0 aliphatic heterocycles. The second-order valence-corrected chi connectivity index (χ2v) is 9.39. The minimum Gasteiger partial charge on any atom is -0.299 e. The van der Waals surface area contributed by atoms with Crippen molar-refractivity contribution in [2.75, 3.05) is 15.9 Å². The van der Waals surface area contributed by atoms with E-state index >= 15 is 0 Å². The van der Waals surface area contributed by atoms with Crippen LogP contribution in [0.15, 0.2) is 54.6 Å². The smallest absolute Gasteiger partial charge is 0.299 e. The Balaban J connectivity index is 1.85. The third-order valence-corrected chi connectivity index (χ3v) is 6.32. The first-order chi connectivity index (χ1) is 14.5. The number of alkyl halides is 3. The third-order valence-electron chi connectivity index (χ3n) is 4.19. The molecule has 31 heavy (non-hydrogen) atoms. The van der Waals surface area contributed by atoms with Gasteiger partial charge in [0.25, 0.3) is 0 Å². The van der Waals surface area contributed by atoms with Gasteiger partial charge >= 0.3 is 6.18 Å². The molecular weight excluding hydrogens is 453 g/mol. The highest BCUT2D eigenvalue weighted by Crippen LogP contribution is 2.33. The molecule has 0 aliphatic carbocycles. The molecule has 3 rings (SSSR count). The Bertz CT molecular complexity index is 1180. The van der Waals surface area contributed by atoms with Crippen LogP contribution in [0.25, 0.3) is 10.6 Å². The van der Waals surface area contributed by atoms with Crippen LogP contribution in [-0.4, -0.2) is 36.8 Å². The van der Waals surface area contributed by atoms with E-state index < -0.39 is 33.7 Å². The van der Waals surface area contributed by atoms with Gasteiger partial charge in [0, 0.05) is 5.56 Å². The Hall–Kier alpha value is -2.99. The van der Waals surface area contributed by atoms with E-state index in [0.717, 1.165) is 35.3 Å². The zero-order valence-corrected chi connectivity index (χ0v) is 17.9. The molecule has 0 spiro atoms. The minimum atomic E-state index is -4.66. The van der Waals surface area contributed by atoms with Crippen LogP contribution < -0.4 is 9.62 Å². The van der Waals surface area contributed by atoms with E-state index in [1.807, 2.05) is 30.3 Å². The largest absolute Gasteiger partial charge is 0.416 e. The lowest BCUT2D eigenvalue weighted by atomic mass is 10.2. The summed E-state index contributed by atoms with van der Waals surface area (Å²) in [5, 5.41) is 11.0. The minimum absolute atomic E-state index is 0.133. The Kier molecular flexibility index (Phi) is 6.32. The third kappa shape index (κ3) is 5.39. The van der Waals surface area contributed by atoms with Gasteiger partial charge in [0.2, 0.25) is 21.1 Å². The van der Waals surface area contributed by atoms with Crippen LogP contribution in [-0.2, 0) is 21.0 Å². The summed E-state index contributed by atoms with van der Waals surface area (Å²) in [7, 11) is -4.08. The van der Waals surface area contributed by atoms with Gasteiger partial charge in [0.1, 0.15) is 11.0 Å². The lowest BCUT2D eigenvalue weighted by Crippen LogP contribution is -2.45.